The number of benzene rings is 1. The average Bonchev–Trinajstić information content (AvgIpc) is 2.71. The lowest BCUT2D eigenvalue weighted by Crippen LogP contribution is -2.62. The Hall–Kier alpha value is -2.33. The van der Waals surface area contributed by atoms with Gasteiger partial charge >= 0.3 is 6.36 Å². The molecule has 1 heterocycles. The van der Waals surface area contributed by atoms with Crippen molar-refractivity contribution < 1.29 is 37.0 Å². The maximum atomic E-state index is 12.7. The zero-order chi connectivity index (χ0) is 22.7. The molecule has 1 aromatic carbocycles. The van der Waals surface area contributed by atoms with Crippen LogP contribution >= 0.6 is 0 Å². The van der Waals surface area contributed by atoms with Crippen LogP contribution in [0.1, 0.15) is 56.3 Å². The van der Waals surface area contributed by atoms with Crippen molar-refractivity contribution in [2.45, 2.75) is 69.7 Å². The minimum Gasteiger partial charge on any atom is -0.406 e. The smallest absolute Gasteiger partial charge is 0.406 e. The van der Waals surface area contributed by atoms with E-state index in [-0.39, 0.29) is 30.7 Å². The van der Waals surface area contributed by atoms with E-state index in [1.54, 1.807) is 0 Å². The van der Waals surface area contributed by atoms with Gasteiger partial charge in [-0.25, -0.2) is 0 Å². The number of hydrogen-bond acceptors (Lipinski definition) is 5. The molecule has 1 saturated heterocycles. The standard InChI is InChI=1S/C21H27F3N2O5/c1-3-19(26-18(28)15-4-6-17(7-5-15)31-21(22,23)24)12-29-20(30-13-19)10-8-16(9-11-20)25-14(2)27/h4-7,16H,3,8-13H2,1-2H3,(H,25,27)(H,26,28). The molecule has 1 aromatic rings. The predicted molar refractivity (Wildman–Crippen MR) is 104 cm³/mol. The normalized spacial score (nSPS) is 28.7. The van der Waals surface area contributed by atoms with Crippen LogP contribution in [0.2, 0.25) is 0 Å². The summed E-state index contributed by atoms with van der Waals surface area (Å²) >= 11 is 0. The summed E-state index contributed by atoms with van der Waals surface area (Å²) in [7, 11) is 0. The van der Waals surface area contributed by atoms with E-state index in [0.717, 1.165) is 25.0 Å². The van der Waals surface area contributed by atoms with Crippen molar-refractivity contribution in [2.24, 2.45) is 0 Å². The Kier molecular flexibility index (Phi) is 6.80. The van der Waals surface area contributed by atoms with Gasteiger partial charge in [0.15, 0.2) is 5.79 Å². The average molecular weight is 444 g/mol. The molecular weight excluding hydrogens is 417 g/mol. The number of alkyl halides is 3. The van der Waals surface area contributed by atoms with Gasteiger partial charge in [-0.2, -0.15) is 0 Å². The Balaban J connectivity index is 1.56. The number of carbonyl (C=O) groups excluding carboxylic acids is 2. The molecule has 2 amide bonds. The molecule has 1 aliphatic carbocycles. The van der Waals surface area contributed by atoms with E-state index in [2.05, 4.69) is 15.4 Å². The van der Waals surface area contributed by atoms with Crippen LogP contribution in [-0.4, -0.2) is 48.8 Å². The second-order valence-corrected chi connectivity index (χ2v) is 8.12. The molecular formula is C21H27F3N2O5. The van der Waals surface area contributed by atoms with E-state index in [9.17, 15) is 22.8 Å². The monoisotopic (exact) mass is 444 g/mol. The predicted octanol–water partition coefficient (Wildman–Crippen LogP) is 3.29. The van der Waals surface area contributed by atoms with Crippen molar-refractivity contribution in [2.75, 3.05) is 13.2 Å². The Morgan fingerprint density at radius 2 is 1.71 bits per heavy atom. The van der Waals surface area contributed by atoms with E-state index in [1.165, 1.54) is 19.1 Å². The fourth-order valence-corrected chi connectivity index (χ4v) is 3.89. The summed E-state index contributed by atoms with van der Waals surface area (Å²) in [5.41, 5.74) is -0.531. The molecule has 2 fully saturated rings. The highest BCUT2D eigenvalue weighted by atomic mass is 19.4. The second kappa shape index (κ2) is 9.04. The van der Waals surface area contributed by atoms with Gasteiger partial charge in [-0.1, -0.05) is 6.92 Å². The molecule has 1 saturated carbocycles. The van der Waals surface area contributed by atoms with E-state index >= 15 is 0 Å². The molecule has 0 radical (unpaired) electrons. The zero-order valence-electron chi connectivity index (χ0n) is 17.5. The van der Waals surface area contributed by atoms with Crippen molar-refractivity contribution in [3.8, 4) is 5.75 Å². The van der Waals surface area contributed by atoms with E-state index in [4.69, 9.17) is 9.47 Å². The third kappa shape index (κ3) is 6.10. The van der Waals surface area contributed by atoms with E-state index in [1.807, 2.05) is 6.92 Å². The summed E-state index contributed by atoms with van der Waals surface area (Å²) in [4.78, 5) is 23.9. The highest BCUT2D eigenvalue weighted by molar-refractivity contribution is 5.94. The van der Waals surface area contributed by atoms with Crippen LogP contribution in [0.4, 0.5) is 13.2 Å². The number of carbonyl (C=O) groups is 2. The van der Waals surface area contributed by atoms with Crippen molar-refractivity contribution in [3.05, 3.63) is 29.8 Å². The van der Waals surface area contributed by atoms with Crippen LogP contribution in [0, 0.1) is 0 Å². The molecule has 0 atom stereocenters. The first kappa shape index (κ1) is 23.3. The molecule has 10 heteroatoms. The summed E-state index contributed by atoms with van der Waals surface area (Å²) in [5.74, 6) is -1.60. The number of amides is 2. The van der Waals surface area contributed by atoms with Crippen LogP contribution in [0.25, 0.3) is 0 Å². The summed E-state index contributed by atoms with van der Waals surface area (Å²) in [5, 5.41) is 5.83. The molecule has 31 heavy (non-hydrogen) atoms. The molecule has 172 valence electrons. The van der Waals surface area contributed by atoms with Crippen LogP contribution in [0.15, 0.2) is 24.3 Å². The lowest BCUT2D eigenvalue weighted by Gasteiger charge is -2.48. The molecule has 7 nitrogen and oxygen atoms in total. The Labute approximate surface area is 178 Å². The topological polar surface area (TPSA) is 85.9 Å². The summed E-state index contributed by atoms with van der Waals surface area (Å²) in [6.45, 7) is 3.91. The van der Waals surface area contributed by atoms with Crippen LogP contribution in [0.3, 0.4) is 0 Å². The zero-order valence-corrected chi connectivity index (χ0v) is 17.5. The maximum absolute atomic E-state index is 12.7. The number of halogens is 3. The minimum atomic E-state index is -4.79. The lowest BCUT2D eigenvalue weighted by molar-refractivity contribution is -0.303. The summed E-state index contributed by atoms with van der Waals surface area (Å²) < 4.78 is 52.8. The number of ether oxygens (including phenoxy) is 3. The molecule has 1 aliphatic heterocycles. The van der Waals surface area contributed by atoms with Crippen LogP contribution < -0.4 is 15.4 Å². The van der Waals surface area contributed by atoms with Crippen molar-refractivity contribution in [1.29, 1.82) is 0 Å². The number of rotatable bonds is 5. The first-order chi connectivity index (χ1) is 14.5. The molecule has 0 unspecified atom stereocenters. The lowest BCUT2D eigenvalue weighted by atomic mass is 9.87. The molecule has 0 aromatic heterocycles. The maximum Gasteiger partial charge on any atom is 0.573 e. The summed E-state index contributed by atoms with van der Waals surface area (Å²) in [6, 6.07) is 4.84. The SMILES string of the molecule is CCC1(NC(=O)c2ccc(OC(F)(F)F)cc2)COC2(CCC(NC(C)=O)CC2)OC1. The van der Waals surface area contributed by atoms with Gasteiger partial charge in [0.25, 0.3) is 5.91 Å². The third-order valence-electron chi connectivity index (χ3n) is 5.78. The largest absolute Gasteiger partial charge is 0.573 e. The number of nitrogens with one attached hydrogen (secondary N) is 2. The second-order valence-electron chi connectivity index (χ2n) is 8.12. The van der Waals surface area contributed by atoms with Gasteiger partial charge in [0.1, 0.15) is 5.75 Å². The van der Waals surface area contributed by atoms with Crippen molar-refractivity contribution in [3.63, 3.8) is 0 Å². The fraction of sp³-hybridized carbons (Fsp3) is 0.619. The molecule has 1 spiro atoms. The van der Waals surface area contributed by atoms with Gasteiger partial charge in [0.2, 0.25) is 5.91 Å². The van der Waals surface area contributed by atoms with Gasteiger partial charge in [0.05, 0.1) is 18.8 Å². The Bertz CT molecular complexity index is 779. The van der Waals surface area contributed by atoms with Crippen molar-refractivity contribution >= 4 is 11.8 Å². The van der Waals surface area contributed by atoms with Gasteiger partial charge in [-0.05, 0) is 43.5 Å². The molecule has 2 N–H and O–H groups in total. The highest BCUT2D eigenvalue weighted by Crippen LogP contribution is 2.38. The quantitative estimate of drug-likeness (QED) is 0.728. The minimum absolute atomic E-state index is 0.0582. The fourth-order valence-electron chi connectivity index (χ4n) is 3.89. The third-order valence-corrected chi connectivity index (χ3v) is 5.78. The first-order valence-corrected chi connectivity index (χ1v) is 10.3. The van der Waals surface area contributed by atoms with Crippen LogP contribution in [0.5, 0.6) is 5.75 Å². The van der Waals surface area contributed by atoms with E-state index < -0.39 is 29.3 Å². The van der Waals surface area contributed by atoms with Crippen molar-refractivity contribution in [1.82, 2.24) is 10.6 Å². The molecule has 3 rings (SSSR count). The van der Waals surface area contributed by atoms with E-state index in [0.29, 0.717) is 19.3 Å². The van der Waals surface area contributed by atoms with Gasteiger partial charge in [-0.3, -0.25) is 9.59 Å². The van der Waals surface area contributed by atoms with Gasteiger partial charge in [0, 0.05) is 31.4 Å². The first-order valence-electron chi connectivity index (χ1n) is 10.3. The van der Waals surface area contributed by atoms with Crippen LogP contribution in [-0.2, 0) is 14.3 Å². The Morgan fingerprint density at radius 3 is 2.19 bits per heavy atom. The number of hydrogen-bond donors (Lipinski definition) is 2. The summed E-state index contributed by atoms with van der Waals surface area (Å²) in [6.07, 6.45) is -1.45. The Morgan fingerprint density at radius 1 is 1.13 bits per heavy atom. The molecule has 2 aliphatic rings. The highest BCUT2D eigenvalue weighted by Gasteiger charge is 2.46. The molecule has 0 bridgehead atoms. The van der Waals surface area contributed by atoms with Gasteiger partial charge < -0.3 is 24.8 Å². The van der Waals surface area contributed by atoms with Gasteiger partial charge in [-0.15, -0.1) is 13.2 Å².